The Morgan fingerprint density at radius 2 is 2.13 bits per heavy atom. The molecule has 1 aromatic carbocycles. The summed E-state index contributed by atoms with van der Waals surface area (Å²) in [6.45, 7) is 1.66. The molecule has 0 heterocycles. The van der Waals surface area contributed by atoms with Gasteiger partial charge in [0.25, 0.3) is 5.91 Å². The van der Waals surface area contributed by atoms with Crippen LogP contribution in [-0.2, 0) is 4.79 Å². The number of carbonyl (C=O) groups is 2. The van der Waals surface area contributed by atoms with Crippen LogP contribution in [0.5, 0.6) is 0 Å². The van der Waals surface area contributed by atoms with Crippen molar-refractivity contribution in [2.24, 2.45) is 5.84 Å². The molecule has 0 aliphatic heterocycles. The molecule has 0 radical (unpaired) electrons. The lowest BCUT2D eigenvalue weighted by atomic mass is 10.2. The molecule has 0 aliphatic carbocycles. The first kappa shape index (κ1) is 12.1. The summed E-state index contributed by atoms with van der Waals surface area (Å²) < 4.78 is 0.927. The van der Waals surface area contributed by atoms with E-state index in [9.17, 15) is 9.59 Å². The number of nitrogens with two attached hydrogens (primary N) is 1. The molecule has 15 heavy (non-hydrogen) atoms. The number of imide groups is 1. The van der Waals surface area contributed by atoms with Gasteiger partial charge in [0.1, 0.15) is 0 Å². The molecular weight excluding hydrogens is 307 g/mol. The maximum atomic E-state index is 11.7. The van der Waals surface area contributed by atoms with Gasteiger partial charge in [-0.1, -0.05) is 13.0 Å². The molecule has 5 heteroatoms. The van der Waals surface area contributed by atoms with Gasteiger partial charge in [-0.15, -0.1) is 0 Å². The zero-order chi connectivity index (χ0) is 11.4. The van der Waals surface area contributed by atoms with E-state index in [1.54, 1.807) is 25.1 Å². The SMILES string of the molecule is CCC(=O)N(N)C(=O)c1cccc(I)c1. The minimum absolute atomic E-state index is 0.214. The highest BCUT2D eigenvalue weighted by Crippen LogP contribution is 2.09. The van der Waals surface area contributed by atoms with Gasteiger partial charge in [-0.05, 0) is 40.8 Å². The van der Waals surface area contributed by atoms with Crippen molar-refractivity contribution in [1.82, 2.24) is 5.01 Å². The lowest BCUT2D eigenvalue weighted by molar-refractivity contribution is -0.128. The largest absolute Gasteiger partial charge is 0.274 e. The molecule has 1 rings (SSSR count). The number of hydrogen-bond acceptors (Lipinski definition) is 3. The first-order valence-corrected chi connectivity index (χ1v) is 5.51. The number of benzene rings is 1. The Bertz CT molecular complexity index is 393. The second-order valence-corrected chi connectivity index (χ2v) is 4.18. The van der Waals surface area contributed by atoms with Gasteiger partial charge < -0.3 is 0 Å². The molecule has 2 amide bonds. The zero-order valence-corrected chi connectivity index (χ0v) is 10.4. The standard InChI is InChI=1S/C10H11IN2O2/c1-2-9(14)13(12)10(15)7-4-3-5-8(11)6-7/h3-6H,2,12H2,1H3. The molecule has 0 spiro atoms. The van der Waals surface area contributed by atoms with Crippen LogP contribution in [-0.4, -0.2) is 16.8 Å². The maximum absolute atomic E-state index is 11.7. The number of halogens is 1. The van der Waals surface area contributed by atoms with E-state index in [1.165, 1.54) is 0 Å². The predicted octanol–water partition coefficient (Wildman–Crippen LogP) is 1.54. The topological polar surface area (TPSA) is 63.4 Å². The van der Waals surface area contributed by atoms with E-state index in [1.807, 2.05) is 6.07 Å². The highest BCUT2D eigenvalue weighted by molar-refractivity contribution is 14.1. The van der Waals surface area contributed by atoms with Crippen molar-refractivity contribution < 1.29 is 9.59 Å². The van der Waals surface area contributed by atoms with Crippen LogP contribution >= 0.6 is 22.6 Å². The molecule has 0 aromatic heterocycles. The van der Waals surface area contributed by atoms with Crippen LogP contribution < -0.4 is 5.84 Å². The average Bonchev–Trinajstić information content (AvgIpc) is 2.26. The molecule has 0 unspecified atom stereocenters. The van der Waals surface area contributed by atoms with Crippen LogP contribution in [0.1, 0.15) is 23.7 Å². The number of carbonyl (C=O) groups excluding carboxylic acids is 2. The van der Waals surface area contributed by atoms with Crippen molar-refractivity contribution >= 4 is 34.4 Å². The minimum Gasteiger partial charge on any atom is -0.273 e. The summed E-state index contributed by atoms with van der Waals surface area (Å²) in [5.74, 6) is 4.52. The second-order valence-electron chi connectivity index (χ2n) is 2.93. The van der Waals surface area contributed by atoms with Crippen molar-refractivity contribution in [1.29, 1.82) is 0 Å². The molecule has 0 saturated carbocycles. The number of nitrogens with zero attached hydrogens (tertiary/aromatic N) is 1. The molecule has 2 N–H and O–H groups in total. The van der Waals surface area contributed by atoms with Crippen molar-refractivity contribution in [3.63, 3.8) is 0 Å². The fraction of sp³-hybridized carbons (Fsp3) is 0.200. The van der Waals surface area contributed by atoms with Gasteiger partial charge in [0.15, 0.2) is 0 Å². The first-order valence-electron chi connectivity index (χ1n) is 4.43. The van der Waals surface area contributed by atoms with Gasteiger partial charge in [0.05, 0.1) is 0 Å². The number of hydrogen-bond donors (Lipinski definition) is 1. The molecule has 0 saturated heterocycles. The molecule has 0 aliphatic rings. The lowest BCUT2D eigenvalue weighted by Crippen LogP contribution is -2.42. The Kier molecular flexibility index (Phi) is 4.22. The van der Waals surface area contributed by atoms with Crippen LogP contribution in [0, 0.1) is 3.57 Å². The van der Waals surface area contributed by atoms with E-state index < -0.39 is 5.91 Å². The molecule has 1 aromatic rings. The molecule has 80 valence electrons. The van der Waals surface area contributed by atoms with Crippen molar-refractivity contribution in [3.05, 3.63) is 33.4 Å². The Labute approximate surface area is 102 Å². The zero-order valence-electron chi connectivity index (χ0n) is 8.24. The van der Waals surface area contributed by atoms with E-state index in [0.29, 0.717) is 10.6 Å². The summed E-state index contributed by atoms with van der Waals surface area (Å²) in [4.78, 5) is 22.9. The first-order chi connectivity index (χ1) is 7.06. The van der Waals surface area contributed by atoms with Crippen molar-refractivity contribution in [2.75, 3.05) is 0 Å². The van der Waals surface area contributed by atoms with Gasteiger partial charge in [0.2, 0.25) is 5.91 Å². The van der Waals surface area contributed by atoms with Crippen LogP contribution in [0.15, 0.2) is 24.3 Å². The summed E-state index contributed by atoms with van der Waals surface area (Å²) in [5.41, 5.74) is 0.422. The smallest absolute Gasteiger partial charge is 0.273 e. The van der Waals surface area contributed by atoms with E-state index in [-0.39, 0.29) is 12.3 Å². The minimum atomic E-state index is -0.472. The third kappa shape index (κ3) is 3.00. The lowest BCUT2D eigenvalue weighted by Gasteiger charge is -2.13. The quantitative estimate of drug-likeness (QED) is 0.389. The van der Waals surface area contributed by atoms with Crippen LogP contribution in [0.3, 0.4) is 0 Å². The number of amides is 2. The highest BCUT2D eigenvalue weighted by atomic mass is 127. The maximum Gasteiger partial charge on any atom is 0.274 e. The summed E-state index contributed by atoms with van der Waals surface area (Å²) in [6.07, 6.45) is 0.214. The van der Waals surface area contributed by atoms with E-state index in [0.717, 1.165) is 3.57 Å². The molecule has 0 atom stereocenters. The van der Waals surface area contributed by atoms with Gasteiger partial charge in [-0.3, -0.25) is 9.59 Å². The predicted molar refractivity (Wildman–Crippen MR) is 64.8 cm³/mol. The summed E-state index contributed by atoms with van der Waals surface area (Å²) in [5, 5.41) is 0.658. The second kappa shape index (κ2) is 5.22. The fourth-order valence-corrected chi connectivity index (χ4v) is 1.59. The van der Waals surface area contributed by atoms with Crippen molar-refractivity contribution in [2.45, 2.75) is 13.3 Å². The van der Waals surface area contributed by atoms with E-state index in [4.69, 9.17) is 5.84 Å². The normalized spacial score (nSPS) is 9.80. The monoisotopic (exact) mass is 318 g/mol. The third-order valence-corrected chi connectivity index (χ3v) is 2.53. The molecular formula is C10H11IN2O2. The summed E-state index contributed by atoms with van der Waals surface area (Å²) >= 11 is 2.09. The Morgan fingerprint density at radius 1 is 1.47 bits per heavy atom. The number of hydrazine groups is 1. The van der Waals surface area contributed by atoms with E-state index in [2.05, 4.69) is 22.6 Å². The van der Waals surface area contributed by atoms with Crippen LogP contribution in [0.25, 0.3) is 0 Å². The Morgan fingerprint density at radius 3 is 2.67 bits per heavy atom. The summed E-state index contributed by atoms with van der Waals surface area (Å²) in [7, 11) is 0. The Balaban J connectivity index is 2.90. The van der Waals surface area contributed by atoms with Crippen molar-refractivity contribution in [3.8, 4) is 0 Å². The molecule has 4 nitrogen and oxygen atoms in total. The highest BCUT2D eigenvalue weighted by Gasteiger charge is 2.17. The molecule has 0 bridgehead atoms. The third-order valence-electron chi connectivity index (χ3n) is 1.86. The average molecular weight is 318 g/mol. The summed E-state index contributed by atoms with van der Waals surface area (Å²) in [6, 6.07) is 6.93. The van der Waals surface area contributed by atoms with Gasteiger partial charge in [-0.2, -0.15) is 0 Å². The van der Waals surface area contributed by atoms with E-state index >= 15 is 0 Å². The van der Waals surface area contributed by atoms with Gasteiger partial charge >= 0.3 is 0 Å². The molecule has 0 fully saturated rings. The van der Waals surface area contributed by atoms with Crippen LogP contribution in [0.4, 0.5) is 0 Å². The van der Waals surface area contributed by atoms with Crippen LogP contribution in [0.2, 0.25) is 0 Å². The van der Waals surface area contributed by atoms with Gasteiger partial charge in [-0.25, -0.2) is 10.9 Å². The van der Waals surface area contributed by atoms with Gasteiger partial charge in [0, 0.05) is 15.6 Å². The Hall–Kier alpha value is -0.950. The fourth-order valence-electron chi connectivity index (χ4n) is 1.04. The number of rotatable bonds is 2.